The Balaban J connectivity index is 1.59. The molecule has 3 rings (SSSR count). The molecule has 2 amide bonds. The van der Waals surface area contributed by atoms with Gasteiger partial charge in [-0.05, 0) is 37.5 Å². The van der Waals surface area contributed by atoms with Crippen molar-refractivity contribution in [2.24, 2.45) is 0 Å². The highest BCUT2D eigenvalue weighted by Crippen LogP contribution is 2.30. The molecular formula is C21H25FN4O3S. The number of rotatable bonds is 7. The molecular weight excluding hydrogens is 407 g/mol. The van der Waals surface area contributed by atoms with Crippen molar-refractivity contribution in [2.45, 2.75) is 31.8 Å². The largest absolute Gasteiger partial charge is 0.442 e. The second kappa shape index (κ2) is 10.3. The Hall–Kier alpha value is -2.73. The van der Waals surface area contributed by atoms with Crippen molar-refractivity contribution in [3.63, 3.8) is 0 Å². The van der Waals surface area contributed by atoms with E-state index in [-0.39, 0.29) is 30.6 Å². The Morgan fingerprint density at radius 3 is 2.83 bits per heavy atom. The van der Waals surface area contributed by atoms with E-state index in [2.05, 4.69) is 30.1 Å². The van der Waals surface area contributed by atoms with E-state index in [9.17, 15) is 14.0 Å². The number of cyclic esters (lactones) is 1. The molecule has 1 aromatic carbocycles. The maximum Gasteiger partial charge on any atom is 0.414 e. The topological polar surface area (TPSA) is 85.7 Å². The van der Waals surface area contributed by atoms with Gasteiger partial charge in [0, 0.05) is 19.5 Å². The second-order valence-corrected chi connectivity index (χ2v) is 7.58. The lowest BCUT2D eigenvalue weighted by Crippen LogP contribution is -2.35. The fraction of sp³-hybridized carbons (Fsp3) is 0.476. The summed E-state index contributed by atoms with van der Waals surface area (Å²) in [5.41, 5.74) is 2.26. The van der Waals surface area contributed by atoms with Gasteiger partial charge in [0.1, 0.15) is 11.9 Å². The van der Waals surface area contributed by atoms with Gasteiger partial charge in [-0.25, -0.2) is 9.18 Å². The zero-order chi connectivity index (χ0) is 21.5. The van der Waals surface area contributed by atoms with Crippen LogP contribution >= 0.6 is 12.6 Å². The highest BCUT2D eigenvalue weighted by Gasteiger charge is 2.33. The minimum Gasteiger partial charge on any atom is -0.442 e. The first-order chi connectivity index (χ1) is 14.5. The van der Waals surface area contributed by atoms with Crippen molar-refractivity contribution in [3.05, 3.63) is 35.7 Å². The number of carbonyl (C=O) groups is 2. The zero-order valence-electron chi connectivity index (χ0n) is 16.6. The molecule has 0 saturated carbocycles. The average molecular weight is 433 g/mol. The van der Waals surface area contributed by atoms with Gasteiger partial charge >= 0.3 is 6.09 Å². The van der Waals surface area contributed by atoms with Crippen LogP contribution in [0.1, 0.15) is 25.7 Å². The van der Waals surface area contributed by atoms with Gasteiger partial charge in [0.2, 0.25) is 5.91 Å². The fourth-order valence-electron chi connectivity index (χ4n) is 3.62. The van der Waals surface area contributed by atoms with Crippen LogP contribution in [0.25, 0.3) is 0 Å². The molecule has 0 spiro atoms. The first-order valence-electron chi connectivity index (χ1n) is 9.97. The molecule has 0 radical (unpaired) electrons. The van der Waals surface area contributed by atoms with Crippen molar-refractivity contribution in [3.8, 4) is 6.07 Å². The van der Waals surface area contributed by atoms with Crippen LogP contribution in [-0.2, 0) is 9.53 Å². The molecule has 0 aromatic heterocycles. The molecule has 1 aromatic rings. The van der Waals surface area contributed by atoms with Crippen molar-refractivity contribution in [1.82, 2.24) is 5.32 Å². The Morgan fingerprint density at radius 1 is 1.40 bits per heavy atom. The predicted molar refractivity (Wildman–Crippen MR) is 115 cm³/mol. The lowest BCUT2D eigenvalue weighted by Gasteiger charge is -2.31. The van der Waals surface area contributed by atoms with Crippen LogP contribution in [0.4, 0.5) is 20.6 Å². The molecule has 30 heavy (non-hydrogen) atoms. The Bertz CT molecular complexity index is 860. The van der Waals surface area contributed by atoms with Gasteiger partial charge < -0.3 is 15.0 Å². The Morgan fingerprint density at radius 2 is 2.17 bits per heavy atom. The molecule has 1 unspecified atom stereocenters. The monoisotopic (exact) mass is 432 g/mol. The summed E-state index contributed by atoms with van der Waals surface area (Å²) in [7, 11) is 0. The summed E-state index contributed by atoms with van der Waals surface area (Å²) >= 11 is 3.88. The van der Waals surface area contributed by atoms with E-state index >= 15 is 0 Å². The van der Waals surface area contributed by atoms with E-state index in [0.29, 0.717) is 30.9 Å². The van der Waals surface area contributed by atoms with Gasteiger partial charge in [-0.1, -0.05) is 11.6 Å². The predicted octanol–water partition coefficient (Wildman–Crippen LogP) is 3.03. The summed E-state index contributed by atoms with van der Waals surface area (Å²) < 4.78 is 20.1. The molecule has 7 nitrogen and oxygen atoms in total. The number of amides is 2. The lowest BCUT2D eigenvalue weighted by atomic mass is 10.0. The maximum absolute atomic E-state index is 14.8. The molecule has 1 N–H and O–H groups in total. The van der Waals surface area contributed by atoms with Gasteiger partial charge in [0.25, 0.3) is 0 Å². The van der Waals surface area contributed by atoms with Crippen LogP contribution in [0.15, 0.2) is 29.8 Å². The molecule has 0 bridgehead atoms. The summed E-state index contributed by atoms with van der Waals surface area (Å²) in [4.78, 5) is 26.8. The van der Waals surface area contributed by atoms with Gasteiger partial charge in [-0.15, -0.1) is 0 Å². The number of nitriles is 1. The number of unbranched alkanes of at least 4 members (excludes halogenated alkanes) is 1. The lowest BCUT2D eigenvalue weighted by molar-refractivity contribution is -0.118. The number of benzene rings is 1. The smallest absolute Gasteiger partial charge is 0.414 e. The molecule has 160 valence electrons. The number of anilines is 2. The van der Waals surface area contributed by atoms with Crippen LogP contribution < -0.4 is 15.1 Å². The number of halogens is 1. The van der Waals surface area contributed by atoms with Gasteiger partial charge in [0.15, 0.2) is 0 Å². The number of hydrogen-bond donors (Lipinski definition) is 2. The molecule has 1 atom stereocenters. The van der Waals surface area contributed by atoms with Crippen LogP contribution in [0.5, 0.6) is 0 Å². The summed E-state index contributed by atoms with van der Waals surface area (Å²) in [5, 5.41) is 11.3. The maximum atomic E-state index is 14.8. The minimum absolute atomic E-state index is 0.0602. The van der Waals surface area contributed by atoms with E-state index in [1.807, 2.05) is 4.90 Å². The molecule has 9 heteroatoms. The van der Waals surface area contributed by atoms with E-state index < -0.39 is 12.2 Å². The first-order valence-corrected chi connectivity index (χ1v) is 10.6. The van der Waals surface area contributed by atoms with E-state index in [0.717, 1.165) is 19.3 Å². The number of hydrogen-bond acceptors (Lipinski definition) is 6. The van der Waals surface area contributed by atoms with Crippen LogP contribution in [0, 0.1) is 17.1 Å². The molecule has 2 fully saturated rings. The number of allylic oxidation sites excluding steroid dienone is 1. The molecule has 2 heterocycles. The number of nitrogens with zero attached hydrogens (tertiary/aromatic N) is 3. The van der Waals surface area contributed by atoms with Crippen molar-refractivity contribution in [1.29, 1.82) is 5.26 Å². The highest BCUT2D eigenvalue weighted by molar-refractivity contribution is 7.81. The van der Waals surface area contributed by atoms with Crippen molar-refractivity contribution >= 4 is 36.0 Å². The van der Waals surface area contributed by atoms with Gasteiger partial charge in [-0.3, -0.25) is 9.69 Å². The molecule has 2 aliphatic rings. The van der Waals surface area contributed by atoms with E-state index in [1.54, 1.807) is 12.1 Å². The van der Waals surface area contributed by atoms with E-state index in [1.165, 1.54) is 16.5 Å². The van der Waals surface area contributed by atoms with Crippen LogP contribution in [0.2, 0.25) is 0 Å². The number of carbonyl (C=O) groups excluding carboxylic acids is 2. The number of ether oxygens (including phenoxy) is 1. The molecule has 2 aliphatic heterocycles. The van der Waals surface area contributed by atoms with Crippen molar-refractivity contribution in [2.75, 3.05) is 41.7 Å². The number of thiol groups is 1. The zero-order valence-corrected chi connectivity index (χ0v) is 17.5. The van der Waals surface area contributed by atoms with E-state index in [4.69, 9.17) is 10.00 Å². The summed E-state index contributed by atoms with van der Waals surface area (Å²) in [6.07, 6.45) is 4.06. The first kappa shape index (κ1) is 22.0. The van der Waals surface area contributed by atoms with Gasteiger partial charge in [0.05, 0.1) is 36.3 Å². The number of nitrogens with one attached hydrogen (secondary N) is 1. The van der Waals surface area contributed by atoms with Crippen molar-refractivity contribution < 1.29 is 18.7 Å². The third-order valence-electron chi connectivity index (χ3n) is 5.22. The SMILES string of the molecule is N#CCCC=C1CCN(c2ccc(N3CC(CNC(=O)CS)OC3=O)cc2F)CC1. The standard InChI is InChI=1S/C21H25FN4O3S/c22-18-11-16(26-13-17(29-21(26)28)12-24-20(27)14-30)4-5-19(18)25-9-6-15(7-10-25)3-1-2-8-23/h3-5,11,17,30H,1-2,6-7,9-10,12-14H2,(H,24,27). The summed E-state index contributed by atoms with van der Waals surface area (Å²) in [6, 6.07) is 6.89. The Kier molecular flexibility index (Phi) is 7.57. The Labute approximate surface area is 180 Å². The molecule has 0 aliphatic carbocycles. The highest BCUT2D eigenvalue weighted by atomic mass is 32.1. The quantitative estimate of drug-likeness (QED) is 0.393. The minimum atomic E-state index is -0.558. The van der Waals surface area contributed by atoms with Crippen LogP contribution in [0.3, 0.4) is 0 Å². The third kappa shape index (κ3) is 5.45. The average Bonchev–Trinajstić information content (AvgIpc) is 3.13. The summed E-state index contributed by atoms with van der Waals surface area (Å²) in [5.74, 6) is -0.568. The third-order valence-corrected chi connectivity index (χ3v) is 5.51. The normalized spacial score (nSPS) is 18.8. The molecule has 2 saturated heterocycles. The van der Waals surface area contributed by atoms with Gasteiger partial charge in [-0.2, -0.15) is 17.9 Å². The summed E-state index contributed by atoms with van der Waals surface area (Å²) in [6.45, 7) is 1.87. The second-order valence-electron chi connectivity index (χ2n) is 7.26. The number of piperidine rings is 1. The fourth-order valence-corrected chi connectivity index (χ4v) is 3.73. The van der Waals surface area contributed by atoms with Crippen LogP contribution in [-0.4, -0.2) is 50.0 Å².